The molecule has 4 rings (SSSR count). The van der Waals surface area contributed by atoms with Gasteiger partial charge in [-0.05, 0) is 29.9 Å². The summed E-state index contributed by atoms with van der Waals surface area (Å²) >= 11 is 1.67. The van der Waals surface area contributed by atoms with Crippen molar-refractivity contribution >= 4 is 32.3 Å². The first-order chi connectivity index (χ1) is 8.36. The summed E-state index contributed by atoms with van der Waals surface area (Å²) in [4.78, 5) is 12.4. The summed E-state index contributed by atoms with van der Waals surface area (Å²) in [5.74, 6) is 0. The van der Waals surface area contributed by atoms with Crippen LogP contribution < -0.4 is 5.56 Å². The largest absolute Gasteiger partial charge is 0.307 e. The molecule has 2 aromatic heterocycles. The molecule has 17 heavy (non-hydrogen) atoms. The number of aromatic nitrogens is 1. The van der Waals surface area contributed by atoms with Gasteiger partial charge in [0.25, 0.3) is 5.56 Å². The van der Waals surface area contributed by atoms with E-state index in [4.69, 9.17) is 0 Å². The highest BCUT2D eigenvalue weighted by atomic mass is 32.1. The predicted molar refractivity (Wildman–Crippen MR) is 71.9 cm³/mol. The molecule has 1 aromatic carbocycles. The van der Waals surface area contributed by atoms with Crippen molar-refractivity contribution in [3.63, 3.8) is 0 Å². The maximum atomic E-state index is 12.4. The van der Waals surface area contributed by atoms with E-state index in [1.54, 1.807) is 11.3 Å². The fourth-order valence-corrected chi connectivity index (χ4v) is 3.78. The van der Waals surface area contributed by atoms with Crippen LogP contribution in [-0.4, -0.2) is 4.57 Å². The molecule has 1 aliphatic rings. The monoisotopic (exact) mass is 241 g/mol. The minimum atomic E-state index is 0.181. The lowest BCUT2D eigenvalue weighted by atomic mass is 10.0. The summed E-state index contributed by atoms with van der Waals surface area (Å²) in [5, 5.41) is 4.13. The van der Waals surface area contributed by atoms with Gasteiger partial charge >= 0.3 is 0 Å². The van der Waals surface area contributed by atoms with Gasteiger partial charge < -0.3 is 4.57 Å². The quantitative estimate of drug-likeness (QED) is 0.592. The number of benzene rings is 1. The number of para-hydroxylation sites is 1. The Morgan fingerprint density at radius 1 is 1.18 bits per heavy atom. The highest BCUT2D eigenvalue weighted by Crippen LogP contribution is 2.31. The average molecular weight is 241 g/mol. The van der Waals surface area contributed by atoms with E-state index in [1.807, 2.05) is 16.0 Å². The number of aryl methyl sites for hydroxylation is 2. The maximum absolute atomic E-state index is 12.4. The molecule has 0 atom stereocenters. The fraction of sp³-hybridized carbons (Fsp3) is 0.214. The first-order valence-electron chi connectivity index (χ1n) is 5.88. The third kappa shape index (κ3) is 1.12. The van der Waals surface area contributed by atoms with Gasteiger partial charge in [0.2, 0.25) is 0 Å². The average Bonchev–Trinajstić information content (AvgIpc) is 2.85. The van der Waals surface area contributed by atoms with Gasteiger partial charge in [0.1, 0.15) is 0 Å². The normalized spacial score (nSPS) is 14.6. The molecule has 84 valence electrons. The summed E-state index contributed by atoms with van der Waals surface area (Å²) in [6, 6.07) is 8.35. The third-order valence-corrected chi connectivity index (χ3v) is 4.55. The second kappa shape index (κ2) is 3.20. The van der Waals surface area contributed by atoms with E-state index in [1.165, 1.54) is 16.5 Å². The summed E-state index contributed by atoms with van der Waals surface area (Å²) < 4.78 is 3.11. The van der Waals surface area contributed by atoms with Crippen molar-refractivity contribution in [3.05, 3.63) is 45.6 Å². The van der Waals surface area contributed by atoms with E-state index >= 15 is 0 Å². The van der Waals surface area contributed by atoms with Gasteiger partial charge in [-0.25, -0.2) is 0 Å². The molecule has 0 radical (unpaired) electrons. The summed E-state index contributed by atoms with van der Waals surface area (Å²) in [7, 11) is 0. The lowest BCUT2D eigenvalue weighted by molar-refractivity contribution is 0.619. The Morgan fingerprint density at radius 3 is 3.06 bits per heavy atom. The number of thiophene rings is 1. The Bertz CT molecular complexity index is 797. The SMILES string of the molecule is O=c1c2ccsc2c2cccc3c2n1CCC3. The van der Waals surface area contributed by atoms with Crippen molar-refractivity contribution in [2.24, 2.45) is 0 Å². The zero-order valence-corrected chi connectivity index (χ0v) is 10.1. The third-order valence-electron chi connectivity index (χ3n) is 3.60. The fourth-order valence-electron chi connectivity index (χ4n) is 2.87. The number of fused-ring (bicyclic) bond motifs is 2. The topological polar surface area (TPSA) is 22.0 Å². The van der Waals surface area contributed by atoms with Crippen LogP contribution in [0.3, 0.4) is 0 Å². The molecule has 0 fully saturated rings. The van der Waals surface area contributed by atoms with E-state index < -0.39 is 0 Å². The van der Waals surface area contributed by atoms with E-state index in [9.17, 15) is 4.79 Å². The van der Waals surface area contributed by atoms with Gasteiger partial charge in [-0.2, -0.15) is 0 Å². The Hall–Kier alpha value is -1.61. The molecular formula is C14H11NOS. The van der Waals surface area contributed by atoms with Crippen molar-refractivity contribution in [2.75, 3.05) is 0 Å². The zero-order valence-electron chi connectivity index (χ0n) is 9.27. The van der Waals surface area contributed by atoms with Crippen molar-refractivity contribution in [3.8, 4) is 0 Å². The standard InChI is InChI=1S/C14H11NOS/c16-14-11-6-8-17-13(11)10-5-1-3-9-4-2-7-15(14)12(9)10/h1,3,5-6,8H,2,4,7H2. The zero-order chi connectivity index (χ0) is 11.4. The smallest absolute Gasteiger partial charge is 0.259 e. The van der Waals surface area contributed by atoms with Crippen LogP contribution in [0.25, 0.3) is 21.0 Å². The van der Waals surface area contributed by atoms with Crippen LogP contribution in [0.5, 0.6) is 0 Å². The van der Waals surface area contributed by atoms with E-state index in [-0.39, 0.29) is 5.56 Å². The van der Waals surface area contributed by atoms with Gasteiger partial charge in [-0.1, -0.05) is 18.2 Å². The van der Waals surface area contributed by atoms with Gasteiger partial charge in [-0.15, -0.1) is 11.3 Å². The Morgan fingerprint density at radius 2 is 2.12 bits per heavy atom. The molecule has 0 N–H and O–H groups in total. The molecule has 3 aromatic rings. The molecule has 3 heterocycles. The lowest BCUT2D eigenvalue weighted by Gasteiger charge is -2.19. The molecule has 0 amide bonds. The number of hydrogen-bond donors (Lipinski definition) is 0. The van der Waals surface area contributed by atoms with Crippen LogP contribution in [-0.2, 0) is 13.0 Å². The maximum Gasteiger partial charge on any atom is 0.259 e. The number of rotatable bonds is 0. The van der Waals surface area contributed by atoms with Gasteiger partial charge in [-0.3, -0.25) is 4.79 Å². The Balaban J connectivity index is 2.41. The highest BCUT2D eigenvalue weighted by Gasteiger charge is 2.17. The van der Waals surface area contributed by atoms with Crippen molar-refractivity contribution in [1.29, 1.82) is 0 Å². The molecule has 3 heteroatoms. The molecule has 0 saturated heterocycles. The second-order valence-electron chi connectivity index (χ2n) is 4.54. The Labute approximate surface area is 102 Å². The minimum Gasteiger partial charge on any atom is -0.307 e. The molecule has 1 aliphatic heterocycles. The van der Waals surface area contributed by atoms with E-state index in [2.05, 4.69) is 18.2 Å². The van der Waals surface area contributed by atoms with Gasteiger partial charge in [0.15, 0.2) is 0 Å². The van der Waals surface area contributed by atoms with Gasteiger partial charge in [0, 0.05) is 16.6 Å². The van der Waals surface area contributed by atoms with Crippen molar-refractivity contribution < 1.29 is 0 Å². The number of hydrogen-bond acceptors (Lipinski definition) is 2. The first kappa shape index (κ1) is 9.42. The lowest BCUT2D eigenvalue weighted by Crippen LogP contribution is -2.24. The summed E-state index contributed by atoms with van der Waals surface area (Å²) in [6.07, 6.45) is 2.16. The minimum absolute atomic E-state index is 0.181. The molecule has 0 saturated carbocycles. The second-order valence-corrected chi connectivity index (χ2v) is 5.45. The van der Waals surface area contributed by atoms with Crippen LogP contribution in [0.4, 0.5) is 0 Å². The molecule has 0 unspecified atom stereocenters. The number of nitrogens with zero attached hydrogens (tertiary/aromatic N) is 1. The van der Waals surface area contributed by atoms with E-state index in [0.29, 0.717) is 0 Å². The van der Waals surface area contributed by atoms with Gasteiger partial charge in [0.05, 0.1) is 10.9 Å². The molecule has 2 nitrogen and oxygen atoms in total. The summed E-state index contributed by atoms with van der Waals surface area (Å²) in [5.41, 5.74) is 2.67. The van der Waals surface area contributed by atoms with Crippen LogP contribution >= 0.6 is 11.3 Å². The Kier molecular flexibility index (Phi) is 1.77. The van der Waals surface area contributed by atoms with Crippen LogP contribution in [0.15, 0.2) is 34.4 Å². The van der Waals surface area contributed by atoms with Crippen LogP contribution in [0.1, 0.15) is 12.0 Å². The number of pyridine rings is 1. The van der Waals surface area contributed by atoms with Crippen LogP contribution in [0.2, 0.25) is 0 Å². The van der Waals surface area contributed by atoms with Crippen LogP contribution in [0, 0.1) is 0 Å². The predicted octanol–water partition coefficient (Wildman–Crippen LogP) is 3.16. The summed E-state index contributed by atoms with van der Waals surface area (Å²) in [6.45, 7) is 0.859. The molecular weight excluding hydrogens is 230 g/mol. The van der Waals surface area contributed by atoms with Crippen molar-refractivity contribution in [2.45, 2.75) is 19.4 Å². The van der Waals surface area contributed by atoms with E-state index in [0.717, 1.165) is 29.5 Å². The molecule has 0 spiro atoms. The molecule has 0 aliphatic carbocycles. The van der Waals surface area contributed by atoms with Crippen molar-refractivity contribution in [1.82, 2.24) is 4.57 Å². The molecule has 0 bridgehead atoms. The first-order valence-corrected chi connectivity index (χ1v) is 6.76. The highest BCUT2D eigenvalue weighted by molar-refractivity contribution is 7.18.